The number of hydrogen-bond donors (Lipinski definition) is 1. The monoisotopic (exact) mass is 498 g/mol. The van der Waals surface area contributed by atoms with Gasteiger partial charge in [-0.3, -0.25) is 19.2 Å². The number of benzene rings is 1. The third kappa shape index (κ3) is 8.65. The van der Waals surface area contributed by atoms with Crippen LogP contribution in [-0.4, -0.2) is 72.9 Å². The van der Waals surface area contributed by atoms with E-state index in [0.29, 0.717) is 5.56 Å². The first-order valence-corrected chi connectivity index (χ1v) is 10.5. The van der Waals surface area contributed by atoms with E-state index in [4.69, 9.17) is 33.5 Å². The average molecular weight is 498 g/mol. The predicted molar refractivity (Wildman–Crippen MR) is 115 cm³/mol. The molecular weight excluding hydrogens is 471 g/mol. The van der Waals surface area contributed by atoms with Crippen LogP contribution in [0.1, 0.15) is 33.3 Å². The molecule has 1 aliphatic rings. The van der Waals surface area contributed by atoms with Crippen molar-refractivity contribution >= 4 is 30.0 Å². The highest BCUT2D eigenvalue weighted by Crippen LogP contribution is 2.31. The molecule has 5 atom stereocenters. The summed E-state index contributed by atoms with van der Waals surface area (Å²) in [4.78, 5) is 46.8. The number of aliphatic hydroxyl groups excluding tert-OH is 1. The third-order valence-corrected chi connectivity index (χ3v) is 4.55. The van der Waals surface area contributed by atoms with E-state index in [1.165, 1.54) is 31.2 Å². The molecule has 0 aliphatic carbocycles. The van der Waals surface area contributed by atoms with Crippen LogP contribution in [0.5, 0.6) is 5.75 Å². The number of aliphatic hydroxyl groups is 1. The lowest BCUT2D eigenvalue weighted by Crippen LogP contribution is -2.63. The molecule has 1 saturated heterocycles. The van der Waals surface area contributed by atoms with Crippen LogP contribution < -0.4 is 4.74 Å². The lowest BCUT2D eigenvalue weighted by molar-refractivity contribution is -0.288. The fourth-order valence-corrected chi connectivity index (χ4v) is 3.29. The van der Waals surface area contributed by atoms with Crippen molar-refractivity contribution in [1.82, 2.24) is 0 Å². The van der Waals surface area contributed by atoms with Crippen molar-refractivity contribution < 1.29 is 57.1 Å². The lowest BCUT2D eigenvalue weighted by atomic mass is 9.98. The van der Waals surface area contributed by atoms with Gasteiger partial charge in [0, 0.05) is 27.7 Å². The highest BCUT2D eigenvalue weighted by molar-refractivity contribution is 5.68. The molecule has 1 aromatic carbocycles. The minimum Gasteiger partial charge on any atom is -0.463 e. The predicted octanol–water partition coefficient (Wildman–Crippen LogP) is 1.45. The first kappa shape index (κ1) is 27.7. The Morgan fingerprint density at radius 3 is 1.94 bits per heavy atom. The maximum atomic E-state index is 13.3. The molecule has 1 aromatic rings. The van der Waals surface area contributed by atoms with Gasteiger partial charge < -0.3 is 33.5 Å². The molecule has 0 radical (unpaired) electrons. The smallest absolute Gasteiger partial charge is 0.303 e. The molecule has 12 heteroatoms. The summed E-state index contributed by atoms with van der Waals surface area (Å²) < 4.78 is 45.9. The third-order valence-electron chi connectivity index (χ3n) is 4.55. The summed E-state index contributed by atoms with van der Waals surface area (Å²) >= 11 is 0. The topological polar surface area (TPSA) is 144 Å². The first-order valence-electron chi connectivity index (χ1n) is 10.5. The Morgan fingerprint density at radius 1 is 0.886 bits per heavy atom. The molecule has 0 spiro atoms. The largest absolute Gasteiger partial charge is 0.463 e. The Bertz CT molecular complexity index is 943. The Kier molecular flexibility index (Phi) is 10.2. The molecule has 2 rings (SSSR count). The molecule has 0 bridgehead atoms. The van der Waals surface area contributed by atoms with Crippen molar-refractivity contribution in [3.05, 3.63) is 35.7 Å². The Labute approximate surface area is 200 Å². The fraction of sp³-hybridized carbons (Fsp3) is 0.478. The molecule has 0 unspecified atom stereocenters. The molecule has 1 aliphatic heterocycles. The van der Waals surface area contributed by atoms with E-state index in [2.05, 4.69) is 0 Å². The van der Waals surface area contributed by atoms with Crippen molar-refractivity contribution in [2.45, 2.75) is 58.4 Å². The summed E-state index contributed by atoms with van der Waals surface area (Å²) in [7, 11) is 0. The van der Waals surface area contributed by atoms with E-state index in [1.54, 1.807) is 0 Å². The maximum Gasteiger partial charge on any atom is 0.303 e. The number of hydrogen-bond acceptors (Lipinski definition) is 11. The van der Waals surface area contributed by atoms with Gasteiger partial charge in [-0.1, -0.05) is 12.1 Å². The van der Waals surface area contributed by atoms with Crippen LogP contribution in [0.15, 0.2) is 30.1 Å². The second-order valence-electron chi connectivity index (χ2n) is 7.50. The van der Waals surface area contributed by atoms with Crippen LogP contribution >= 0.6 is 0 Å². The van der Waals surface area contributed by atoms with Gasteiger partial charge in [0.05, 0.1) is 6.61 Å². The van der Waals surface area contributed by atoms with Gasteiger partial charge in [-0.2, -0.15) is 0 Å². The van der Waals surface area contributed by atoms with Crippen LogP contribution in [0.4, 0.5) is 4.39 Å². The SMILES string of the molecule is CC(=O)OC[C@H]1O[C@@H](Oc2ccc(/C=C(\F)CO)cc2)[C@H](OC(C)=O)[C@@H](OC(C)=O)[C@@H]1OC(C)=O. The molecule has 35 heavy (non-hydrogen) atoms. The lowest BCUT2D eigenvalue weighted by Gasteiger charge is -2.43. The zero-order valence-electron chi connectivity index (χ0n) is 19.6. The molecule has 1 N–H and O–H groups in total. The van der Waals surface area contributed by atoms with Gasteiger partial charge in [0.1, 0.15) is 24.3 Å². The van der Waals surface area contributed by atoms with Crippen molar-refractivity contribution in [2.24, 2.45) is 0 Å². The van der Waals surface area contributed by atoms with Gasteiger partial charge >= 0.3 is 23.9 Å². The van der Waals surface area contributed by atoms with Crippen LogP contribution in [0.25, 0.3) is 6.08 Å². The molecule has 192 valence electrons. The van der Waals surface area contributed by atoms with Gasteiger partial charge in [-0.15, -0.1) is 0 Å². The van der Waals surface area contributed by atoms with Crippen molar-refractivity contribution in [1.29, 1.82) is 0 Å². The molecule has 1 fully saturated rings. The zero-order valence-corrected chi connectivity index (χ0v) is 19.6. The molecular formula is C23H27FO11. The van der Waals surface area contributed by atoms with Gasteiger partial charge in [-0.05, 0) is 23.8 Å². The number of ether oxygens (including phenoxy) is 6. The first-order chi connectivity index (χ1) is 16.5. The van der Waals surface area contributed by atoms with Gasteiger partial charge in [0.15, 0.2) is 12.2 Å². The summed E-state index contributed by atoms with van der Waals surface area (Å²) in [6, 6.07) is 5.92. The summed E-state index contributed by atoms with van der Waals surface area (Å²) in [6.45, 7) is 3.38. The minimum atomic E-state index is -1.38. The van der Waals surface area contributed by atoms with Gasteiger partial charge in [0.2, 0.25) is 12.4 Å². The normalized spacial score (nSPS) is 24.2. The van der Waals surface area contributed by atoms with Crippen molar-refractivity contribution in [3.63, 3.8) is 0 Å². The molecule has 11 nitrogen and oxygen atoms in total. The highest BCUT2D eigenvalue weighted by Gasteiger charge is 2.53. The van der Waals surface area contributed by atoms with Crippen LogP contribution in [-0.2, 0) is 42.9 Å². The minimum absolute atomic E-state index is 0.201. The van der Waals surface area contributed by atoms with E-state index in [1.807, 2.05) is 0 Å². The van der Waals surface area contributed by atoms with Crippen LogP contribution in [0.2, 0.25) is 0 Å². The summed E-state index contributed by atoms with van der Waals surface area (Å²) in [6.07, 6.45) is -5.44. The van der Waals surface area contributed by atoms with E-state index < -0.39 is 67.0 Å². The number of halogens is 1. The fourth-order valence-electron chi connectivity index (χ4n) is 3.29. The number of carbonyl (C=O) groups is 4. The van der Waals surface area contributed by atoms with Crippen molar-refractivity contribution in [3.8, 4) is 5.75 Å². The molecule has 0 saturated carbocycles. The zero-order chi connectivity index (χ0) is 26.1. The Balaban J connectivity index is 2.41. The van der Waals surface area contributed by atoms with Gasteiger partial charge in [-0.25, -0.2) is 4.39 Å². The van der Waals surface area contributed by atoms with E-state index in [0.717, 1.165) is 26.8 Å². The Morgan fingerprint density at radius 2 is 1.43 bits per heavy atom. The standard InChI is InChI=1S/C23H27FO11/c1-12(26)30-11-19-20(31-13(2)27)21(32-14(3)28)22(33-15(4)29)23(35-19)34-18-7-5-16(6-8-18)9-17(24)10-25/h5-9,19-23,25H,10-11H2,1-4H3/b17-9-/t19-,20-,21+,22-,23-/m1/s1. The van der Waals surface area contributed by atoms with Crippen molar-refractivity contribution in [2.75, 3.05) is 13.2 Å². The molecule has 0 aromatic heterocycles. The second kappa shape index (κ2) is 12.8. The Hall–Kier alpha value is -3.51. The van der Waals surface area contributed by atoms with E-state index in [-0.39, 0.29) is 12.4 Å². The van der Waals surface area contributed by atoms with Crippen LogP contribution in [0, 0.1) is 0 Å². The van der Waals surface area contributed by atoms with Gasteiger partial charge in [0.25, 0.3) is 0 Å². The highest BCUT2D eigenvalue weighted by atomic mass is 19.1. The quantitative estimate of drug-likeness (QED) is 0.390. The summed E-state index contributed by atoms with van der Waals surface area (Å²) in [5.74, 6) is -3.45. The number of esters is 4. The summed E-state index contributed by atoms with van der Waals surface area (Å²) in [5, 5.41) is 8.81. The number of rotatable bonds is 9. The average Bonchev–Trinajstić information content (AvgIpc) is 2.76. The second-order valence-corrected chi connectivity index (χ2v) is 7.50. The summed E-state index contributed by atoms with van der Waals surface area (Å²) in [5.41, 5.74) is 0.436. The van der Waals surface area contributed by atoms with E-state index in [9.17, 15) is 23.6 Å². The molecule has 0 amide bonds. The maximum absolute atomic E-state index is 13.3. The molecule has 1 heterocycles. The number of carbonyl (C=O) groups excluding carboxylic acids is 4. The van der Waals surface area contributed by atoms with E-state index >= 15 is 0 Å². The van der Waals surface area contributed by atoms with Crippen LogP contribution in [0.3, 0.4) is 0 Å².